The Hall–Kier alpha value is -0.850. The van der Waals surface area contributed by atoms with Crippen molar-refractivity contribution in [2.45, 2.75) is 19.9 Å². The molecule has 0 fully saturated rings. The molecular formula is C12H15BrN2. The summed E-state index contributed by atoms with van der Waals surface area (Å²) in [5.41, 5.74) is 1.00. The summed E-state index contributed by atoms with van der Waals surface area (Å²) in [6.07, 6.45) is 0. The fourth-order valence-electron chi connectivity index (χ4n) is 1.29. The molecule has 1 aromatic rings. The number of hydrogen-bond acceptors (Lipinski definition) is 2. The number of benzene rings is 1. The first-order valence-electron chi connectivity index (χ1n) is 5.02. The summed E-state index contributed by atoms with van der Waals surface area (Å²) in [4.78, 5) is 0. The zero-order valence-corrected chi connectivity index (χ0v) is 10.6. The predicted octanol–water partition coefficient (Wildman–Crippen LogP) is 3.26. The number of nitriles is 1. The van der Waals surface area contributed by atoms with Crippen molar-refractivity contribution in [3.05, 3.63) is 34.3 Å². The molecule has 1 atom stereocenters. The van der Waals surface area contributed by atoms with E-state index in [-0.39, 0.29) is 6.04 Å². The Morgan fingerprint density at radius 2 is 2.07 bits per heavy atom. The lowest BCUT2D eigenvalue weighted by Gasteiger charge is -2.14. The molecule has 0 amide bonds. The molecule has 0 radical (unpaired) electrons. The predicted molar refractivity (Wildman–Crippen MR) is 65.3 cm³/mol. The second kappa shape index (κ2) is 5.89. The maximum Gasteiger partial charge on any atom is 0.122 e. The quantitative estimate of drug-likeness (QED) is 0.908. The van der Waals surface area contributed by atoms with Crippen LogP contribution >= 0.6 is 15.9 Å². The van der Waals surface area contributed by atoms with Crippen LogP contribution in [0.15, 0.2) is 28.7 Å². The summed E-state index contributed by atoms with van der Waals surface area (Å²) in [6.45, 7) is 5.10. The van der Waals surface area contributed by atoms with Crippen LogP contribution in [-0.4, -0.2) is 6.54 Å². The standard InChI is InChI=1S/C12H15BrN2/c1-9(2)8-15-12(7-14)10-5-3-4-6-11(10)13/h3-6,9,12,15H,8H2,1-2H3. The van der Waals surface area contributed by atoms with Gasteiger partial charge in [0.05, 0.1) is 6.07 Å². The molecule has 2 nitrogen and oxygen atoms in total. The highest BCUT2D eigenvalue weighted by molar-refractivity contribution is 9.10. The van der Waals surface area contributed by atoms with Gasteiger partial charge in [0.15, 0.2) is 0 Å². The average molecular weight is 267 g/mol. The number of nitrogens with one attached hydrogen (secondary N) is 1. The lowest BCUT2D eigenvalue weighted by Crippen LogP contribution is -2.24. The first-order chi connectivity index (χ1) is 7.15. The van der Waals surface area contributed by atoms with E-state index in [4.69, 9.17) is 5.26 Å². The van der Waals surface area contributed by atoms with Crippen molar-refractivity contribution in [1.82, 2.24) is 5.32 Å². The van der Waals surface area contributed by atoms with Gasteiger partial charge in [-0.2, -0.15) is 5.26 Å². The van der Waals surface area contributed by atoms with E-state index >= 15 is 0 Å². The molecule has 0 aliphatic carbocycles. The van der Waals surface area contributed by atoms with Crippen LogP contribution in [0.4, 0.5) is 0 Å². The zero-order valence-electron chi connectivity index (χ0n) is 9.00. The number of halogens is 1. The second-order valence-corrected chi connectivity index (χ2v) is 4.74. The van der Waals surface area contributed by atoms with Crippen LogP contribution in [0.1, 0.15) is 25.5 Å². The van der Waals surface area contributed by atoms with Gasteiger partial charge in [0.25, 0.3) is 0 Å². The molecule has 1 aromatic carbocycles. The summed E-state index contributed by atoms with van der Waals surface area (Å²) < 4.78 is 0.979. The minimum atomic E-state index is -0.233. The van der Waals surface area contributed by atoms with Crippen LogP contribution in [0.2, 0.25) is 0 Å². The lowest BCUT2D eigenvalue weighted by molar-refractivity contribution is 0.524. The molecule has 0 spiro atoms. The van der Waals surface area contributed by atoms with Crippen molar-refractivity contribution < 1.29 is 0 Å². The van der Waals surface area contributed by atoms with E-state index in [0.717, 1.165) is 16.6 Å². The fraction of sp³-hybridized carbons (Fsp3) is 0.417. The van der Waals surface area contributed by atoms with Crippen LogP contribution in [-0.2, 0) is 0 Å². The number of hydrogen-bond donors (Lipinski definition) is 1. The highest BCUT2D eigenvalue weighted by atomic mass is 79.9. The Labute approximate surface area is 99.4 Å². The highest BCUT2D eigenvalue weighted by Gasteiger charge is 2.12. The maximum atomic E-state index is 9.08. The molecule has 1 rings (SSSR count). The summed E-state index contributed by atoms with van der Waals surface area (Å²) in [5, 5.41) is 12.3. The molecular weight excluding hydrogens is 252 g/mol. The molecule has 0 saturated heterocycles. The van der Waals surface area contributed by atoms with Gasteiger partial charge in [0, 0.05) is 4.47 Å². The summed E-state index contributed by atoms with van der Waals surface area (Å²) in [5.74, 6) is 0.545. The largest absolute Gasteiger partial charge is 0.298 e. The molecule has 0 aliphatic rings. The van der Waals surface area contributed by atoms with Gasteiger partial charge in [-0.15, -0.1) is 0 Å². The Bertz CT molecular complexity index is 355. The first kappa shape index (κ1) is 12.2. The van der Waals surface area contributed by atoms with Crippen molar-refractivity contribution in [2.75, 3.05) is 6.54 Å². The molecule has 80 valence electrons. The third-order valence-electron chi connectivity index (χ3n) is 2.08. The molecule has 15 heavy (non-hydrogen) atoms. The van der Waals surface area contributed by atoms with Crippen molar-refractivity contribution in [1.29, 1.82) is 5.26 Å². The molecule has 0 aromatic heterocycles. The van der Waals surface area contributed by atoms with E-state index in [1.807, 2.05) is 24.3 Å². The first-order valence-corrected chi connectivity index (χ1v) is 5.82. The van der Waals surface area contributed by atoms with Gasteiger partial charge in [-0.1, -0.05) is 48.0 Å². The van der Waals surface area contributed by atoms with Crippen LogP contribution in [0, 0.1) is 17.2 Å². The topological polar surface area (TPSA) is 35.8 Å². The van der Waals surface area contributed by atoms with Crippen molar-refractivity contribution in [3.8, 4) is 6.07 Å². The highest BCUT2D eigenvalue weighted by Crippen LogP contribution is 2.22. The van der Waals surface area contributed by atoms with Crippen LogP contribution in [0.25, 0.3) is 0 Å². The van der Waals surface area contributed by atoms with Gasteiger partial charge < -0.3 is 0 Å². The minimum absolute atomic E-state index is 0.233. The van der Waals surface area contributed by atoms with Gasteiger partial charge in [-0.3, -0.25) is 5.32 Å². The molecule has 0 saturated carbocycles. The van der Waals surface area contributed by atoms with E-state index in [0.29, 0.717) is 5.92 Å². The third-order valence-corrected chi connectivity index (χ3v) is 2.80. The number of rotatable bonds is 4. The van der Waals surface area contributed by atoms with Gasteiger partial charge in [-0.05, 0) is 24.1 Å². The smallest absolute Gasteiger partial charge is 0.122 e. The minimum Gasteiger partial charge on any atom is -0.298 e. The van der Waals surface area contributed by atoms with Crippen LogP contribution in [0.5, 0.6) is 0 Å². The zero-order chi connectivity index (χ0) is 11.3. The summed E-state index contributed by atoms with van der Waals surface area (Å²) in [7, 11) is 0. The SMILES string of the molecule is CC(C)CNC(C#N)c1ccccc1Br. The van der Waals surface area contributed by atoms with E-state index in [1.54, 1.807) is 0 Å². The van der Waals surface area contributed by atoms with E-state index in [2.05, 4.69) is 41.2 Å². The monoisotopic (exact) mass is 266 g/mol. The van der Waals surface area contributed by atoms with Crippen molar-refractivity contribution in [3.63, 3.8) is 0 Å². The summed E-state index contributed by atoms with van der Waals surface area (Å²) >= 11 is 3.45. The average Bonchev–Trinajstić information content (AvgIpc) is 2.21. The third kappa shape index (κ3) is 3.65. The van der Waals surface area contributed by atoms with Crippen LogP contribution < -0.4 is 5.32 Å². The molecule has 0 aliphatic heterocycles. The summed E-state index contributed by atoms with van der Waals surface area (Å²) in [6, 6.07) is 9.85. The van der Waals surface area contributed by atoms with Gasteiger partial charge in [0.1, 0.15) is 6.04 Å². The van der Waals surface area contributed by atoms with Crippen molar-refractivity contribution >= 4 is 15.9 Å². The van der Waals surface area contributed by atoms with Crippen LogP contribution in [0.3, 0.4) is 0 Å². The second-order valence-electron chi connectivity index (χ2n) is 3.89. The maximum absolute atomic E-state index is 9.08. The Balaban J connectivity index is 2.76. The van der Waals surface area contributed by atoms with Gasteiger partial charge in [0.2, 0.25) is 0 Å². The van der Waals surface area contributed by atoms with Crippen molar-refractivity contribution in [2.24, 2.45) is 5.92 Å². The Morgan fingerprint density at radius 3 is 2.60 bits per heavy atom. The lowest BCUT2D eigenvalue weighted by atomic mass is 10.1. The molecule has 1 unspecified atom stereocenters. The van der Waals surface area contributed by atoms with E-state index < -0.39 is 0 Å². The van der Waals surface area contributed by atoms with E-state index in [1.165, 1.54) is 0 Å². The van der Waals surface area contributed by atoms with Gasteiger partial charge in [-0.25, -0.2) is 0 Å². The fourth-order valence-corrected chi connectivity index (χ4v) is 1.80. The van der Waals surface area contributed by atoms with Gasteiger partial charge >= 0.3 is 0 Å². The Kier molecular flexibility index (Phi) is 4.80. The normalized spacial score (nSPS) is 12.5. The molecule has 0 heterocycles. The van der Waals surface area contributed by atoms with E-state index in [9.17, 15) is 0 Å². The Morgan fingerprint density at radius 1 is 1.40 bits per heavy atom. The number of nitrogens with zero attached hydrogens (tertiary/aromatic N) is 1. The molecule has 0 bridgehead atoms. The molecule has 3 heteroatoms. The molecule has 1 N–H and O–H groups in total.